The highest BCUT2D eigenvalue weighted by Crippen LogP contribution is 2.32. The highest BCUT2D eigenvalue weighted by Gasteiger charge is 2.36. The number of hydrogen-bond donors (Lipinski definition) is 1. The molecule has 0 saturated heterocycles. The quantitative estimate of drug-likeness (QED) is 0.358. The van der Waals surface area contributed by atoms with Gasteiger partial charge in [-0.15, -0.1) is 0 Å². The van der Waals surface area contributed by atoms with Gasteiger partial charge >= 0.3 is 11.9 Å². The molecule has 0 aromatic heterocycles. The molecule has 0 spiro atoms. The maximum Gasteiger partial charge on any atom is 0.347 e. The van der Waals surface area contributed by atoms with Gasteiger partial charge in [-0.25, -0.2) is 18.0 Å². The van der Waals surface area contributed by atoms with Crippen LogP contribution in [0.15, 0.2) is 34.7 Å². The molecule has 0 unspecified atom stereocenters. The smallest absolute Gasteiger partial charge is 0.347 e. The fourth-order valence-electron chi connectivity index (χ4n) is 1.83. The van der Waals surface area contributed by atoms with Crippen LogP contribution >= 0.6 is 0 Å². The Bertz CT molecular complexity index is 701. The van der Waals surface area contributed by atoms with Gasteiger partial charge in [-0.3, -0.25) is 4.72 Å². The zero-order valence-corrected chi connectivity index (χ0v) is 11.5. The summed E-state index contributed by atoms with van der Waals surface area (Å²) >= 11 is 0. The van der Waals surface area contributed by atoms with Crippen LogP contribution in [0, 0.1) is 0 Å². The van der Waals surface area contributed by atoms with Crippen molar-refractivity contribution in [1.29, 1.82) is 0 Å². The molecule has 0 radical (unpaired) electrons. The monoisotopic (exact) mass is 297 g/mol. The predicted octanol–water partition coefficient (Wildman–Crippen LogP) is 0.0356. The number of carbonyl (C=O) groups is 2. The molecule has 0 bridgehead atoms. The third-order valence-electron chi connectivity index (χ3n) is 2.71. The van der Waals surface area contributed by atoms with Gasteiger partial charge in [-0.2, -0.15) is 0 Å². The number of ether oxygens (including phenoxy) is 2. The Morgan fingerprint density at radius 2 is 1.60 bits per heavy atom. The van der Waals surface area contributed by atoms with Crippen molar-refractivity contribution in [2.24, 2.45) is 0 Å². The molecular weight excluding hydrogens is 286 g/mol. The minimum Gasteiger partial charge on any atom is -0.465 e. The van der Waals surface area contributed by atoms with E-state index in [1.807, 2.05) is 0 Å². The Morgan fingerprint density at radius 3 is 2.15 bits per heavy atom. The molecule has 0 fully saturated rings. The van der Waals surface area contributed by atoms with Crippen LogP contribution < -0.4 is 4.72 Å². The maximum atomic E-state index is 11.9. The fraction of sp³-hybridized carbons (Fsp3) is 0.167. The van der Waals surface area contributed by atoms with Crippen LogP contribution in [0.1, 0.15) is 5.56 Å². The number of rotatable bonds is 2. The first-order valence-electron chi connectivity index (χ1n) is 5.45. The number of sulfonamides is 1. The van der Waals surface area contributed by atoms with E-state index in [0.717, 1.165) is 14.2 Å². The number of benzene rings is 1. The van der Waals surface area contributed by atoms with Gasteiger partial charge in [0.2, 0.25) is 0 Å². The summed E-state index contributed by atoms with van der Waals surface area (Å²) in [4.78, 5) is 23.4. The van der Waals surface area contributed by atoms with Crippen molar-refractivity contribution in [3.8, 4) is 0 Å². The predicted molar refractivity (Wildman–Crippen MR) is 67.7 cm³/mol. The molecule has 1 aliphatic rings. The molecule has 8 heteroatoms. The molecule has 106 valence electrons. The maximum absolute atomic E-state index is 11.9. The summed E-state index contributed by atoms with van der Waals surface area (Å²) in [6.45, 7) is 0. The lowest BCUT2D eigenvalue weighted by Crippen LogP contribution is -2.23. The van der Waals surface area contributed by atoms with Gasteiger partial charge < -0.3 is 9.47 Å². The Labute approximate surface area is 115 Å². The van der Waals surface area contributed by atoms with Gasteiger partial charge in [0.25, 0.3) is 10.0 Å². The zero-order chi connectivity index (χ0) is 14.9. The molecule has 7 nitrogen and oxygen atoms in total. The average molecular weight is 297 g/mol. The first kappa shape index (κ1) is 14.1. The van der Waals surface area contributed by atoms with Crippen molar-refractivity contribution in [2.75, 3.05) is 14.2 Å². The SMILES string of the molecule is COC(=O)C(C(=O)OC)=C1NS(=O)(=O)c2ccccc21. The topological polar surface area (TPSA) is 98.8 Å². The summed E-state index contributed by atoms with van der Waals surface area (Å²) in [7, 11) is -1.64. The van der Waals surface area contributed by atoms with Gasteiger partial charge in [0, 0.05) is 5.56 Å². The summed E-state index contributed by atoms with van der Waals surface area (Å²) < 4.78 is 35.1. The summed E-state index contributed by atoms with van der Waals surface area (Å²) in [5.41, 5.74) is -0.416. The van der Waals surface area contributed by atoms with Crippen LogP contribution in [0.3, 0.4) is 0 Å². The van der Waals surface area contributed by atoms with Gasteiger partial charge in [0.1, 0.15) is 0 Å². The van der Waals surface area contributed by atoms with Crippen molar-refractivity contribution in [2.45, 2.75) is 4.90 Å². The third-order valence-corrected chi connectivity index (χ3v) is 4.12. The van der Waals surface area contributed by atoms with Crippen LogP contribution in [0.5, 0.6) is 0 Å². The largest absolute Gasteiger partial charge is 0.465 e. The van der Waals surface area contributed by atoms with Crippen LogP contribution in [0.2, 0.25) is 0 Å². The molecule has 2 rings (SSSR count). The Hall–Kier alpha value is -2.35. The van der Waals surface area contributed by atoms with E-state index in [4.69, 9.17) is 0 Å². The van der Waals surface area contributed by atoms with Gasteiger partial charge in [-0.1, -0.05) is 18.2 Å². The highest BCUT2D eigenvalue weighted by atomic mass is 32.2. The molecular formula is C12H11NO6S. The van der Waals surface area contributed by atoms with Crippen LogP contribution in [0.4, 0.5) is 0 Å². The number of carbonyl (C=O) groups excluding carboxylic acids is 2. The summed E-state index contributed by atoms with van der Waals surface area (Å²) in [5.74, 6) is -1.96. The van der Waals surface area contributed by atoms with Crippen LogP contribution in [-0.2, 0) is 29.1 Å². The molecule has 0 atom stereocenters. The number of esters is 2. The van der Waals surface area contributed by atoms with Crippen molar-refractivity contribution >= 4 is 27.7 Å². The van der Waals surface area contributed by atoms with Gasteiger partial charge in [0.05, 0.1) is 24.8 Å². The summed E-state index contributed by atoms with van der Waals surface area (Å²) in [5, 5.41) is 0. The van der Waals surface area contributed by atoms with Crippen molar-refractivity contribution in [3.63, 3.8) is 0 Å². The molecule has 1 aromatic rings. The summed E-state index contributed by atoms with van der Waals surface area (Å²) in [6.07, 6.45) is 0. The number of methoxy groups -OCH3 is 2. The van der Waals surface area contributed by atoms with E-state index in [9.17, 15) is 18.0 Å². The van der Waals surface area contributed by atoms with E-state index in [1.54, 1.807) is 6.07 Å². The van der Waals surface area contributed by atoms with E-state index >= 15 is 0 Å². The van der Waals surface area contributed by atoms with Gasteiger partial charge in [-0.05, 0) is 6.07 Å². The van der Waals surface area contributed by atoms with E-state index in [0.29, 0.717) is 0 Å². The normalized spacial score (nSPS) is 15.0. The molecule has 1 heterocycles. The van der Waals surface area contributed by atoms with Crippen molar-refractivity contribution < 1.29 is 27.5 Å². The lowest BCUT2D eigenvalue weighted by atomic mass is 10.1. The Kier molecular flexibility index (Phi) is 3.49. The second-order valence-corrected chi connectivity index (χ2v) is 5.49. The molecule has 0 saturated carbocycles. The fourth-order valence-corrected chi connectivity index (χ4v) is 3.14. The van der Waals surface area contributed by atoms with Crippen molar-refractivity contribution in [3.05, 3.63) is 35.4 Å². The molecule has 0 amide bonds. The van der Waals surface area contributed by atoms with Gasteiger partial charge in [0.15, 0.2) is 5.57 Å². The Balaban J connectivity index is 2.76. The lowest BCUT2D eigenvalue weighted by molar-refractivity contribution is -0.143. The van der Waals surface area contributed by atoms with Crippen molar-refractivity contribution in [1.82, 2.24) is 4.72 Å². The minimum absolute atomic E-state index is 0.0136. The first-order chi connectivity index (χ1) is 9.42. The van der Waals surface area contributed by atoms with E-state index in [1.165, 1.54) is 18.2 Å². The highest BCUT2D eigenvalue weighted by molar-refractivity contribution is 7.90. The number of fused-ring (bicyclic) bond motifs is 1. The van der Waals surface area contributed by atoms with E-state index in [-0.39, 0.29) is 16.2 Å². The Morgan fingerprint density at radius 1 is 1.05 bits per heavy atom. The summed E-state index contributed by atoms with van der Waals surface area (Å²) in [6, 6.07) is 5.98. The second kappa shape index (κ2) is 4.97. The molecule has 1 aliphatic heterocycles. The van der Waals surface area contributed by atoms with E-state index < -0.39 is 27.5 Å². The molecule has 1 N–H and O–H groups in total. The molecule has 0 aliphatic carbocycles. The standard InChI is InChI=1S/C12H11NO6S/c1-18-11(14)9(12(15)19-2)10-7-5-3-4-6-8(7)20(16,17)13-10/h3-6,13H,1-2H3. The molecule has 20 heavy (non-hydrogen) atoms. The van der Waals surface area contributed by atoms with E-state index in [2.05, 4.69) is 14.2 Å². The first-order valence-corrected chi connectivity index (χ1v) is 6.94. The lowest BCUT2D eigenvalue weighted by Gasteiger charge is -2.07. The second-order valence-electron chi connectivity index (χ2n) is 3.83. The van der Waals surface area contributed by atoms with Crippen LogP contribution in [0.25, 0.3) is 5.70 Å². The average Bonchev–Trinajstić information content (AvgIpc) is 2.71. The van der Waals surface area contributed by atoms with Crippen LogP contribution in [-0.4, -0.2) is 34.6 Å². The zero-order valence-electron chi connectivity index (χ0n) is 10.7. The molecule has 1 aromatic carbocycles. The third kappa shape index (κ3) is 2.14. The minimum atomic E-state index is -3.81. The number of hydrogen-bond acceptors (Lipinski definition) is 6. The number of nitrogens with one attached hydrogen (secondary N) is 1.